The average molecular weight is 281 g/mol. The topological polar surface area (TPSA) is 36.4 Å². The summed E-state index contributed by atoms with van der Waals surface area (Å²) in [6.45, 7) is 8.96. The van der Waals surface area contributed by atoms with E-state index < -0.39 is 0 Å². The maximum Gasteiger partial charge on any atom is 0.191 e. The molecular weight excluding hydrogens is 246 g/mol. The van der Waals surface area contributed by atoms with Gasteiger partial charge in [-0.2, -0.15) is 0 Å². The van der Waals surface area contributed by atoms with E-state index in [1.807, 2.05) is 0 Å². The maximum atomic E-state index is 4.57. The summed E-state index contributed by atoms with van der Waals surface area (Å²) in [7, 11) is 0. The fourth-order valence-electron chi connectivity index (χ4n) is 2.84. The molecule has 3 heteroatoms. The van der Waals surface area contributed by atoms with E-state index in [2.05, 4.69) is 36.4 Å². The largest absolute Gasteiger partial charge is 0.356 e. The first-order chi connectivity index (χ1) is 9.70. The molecule has 0 saturated heterocycles. The molecule has 0 spiro atoms. The Balaban J connectivity index is 2.40. The highest BCUT2D eigenvalue weighted by atomic mass is 15.2. The minimum absolute atomic E-state index is 0.214. The number of nitrogens with zero attached hydrogens (tertiary/aromatic N) is 1. The van der Waals surface area contributed by atoms with E-state index in [1.165, 1.54) is 57.8 Å². The highest BCUT2D eigenvalue weighted by Crippen LogP contribution is 2.22. The molecule has 0 fully saturated rings. The molecule has 2 N–H and O–H groups in total. The number of guanidine groups is 1. The van der Waals surface area contributed by atoms with Crippen LogP contribution in [0.2, 0.25) is 0 Å². The van der Waals surface area contributed by atoms with E-state index in [0.29, 0.717) is 0 Å². The molecule has 1 heterocycles. The monoisotopic (exact) mass is 281 g/mol. The molecule has 1 aliphatic heterocycles. The van der Waals surface area contributed by atoms with Crippen molar-refractivity contribution >= 4 is 5.96 Å². The van der Waals surface area contributed by atoms with Crippen LogP contribution in [0.3, 0.4) is 0 Å². The zero-order chi connectivity index (χ0) is 14.7. The van der Waals surface area contributed by atoms with Gasteiger partial charge >= 0.3 is 0 Å². The minimum atomic E-state index is 0.214. The maximum absolute atomic E-state index is 4.57. The predicted octanol–water partition coefficient (Wildman–Crippen LogP) is 4.23. The second-order valence-electron chi connectivity index (χ2n) is 6.46. The Hall–Kier alpha value is -0.730. The molecule has 1 atom stereocenters. The van der Waals surface area contributed by atoms with Crippen molar-refractivity contribution in [3.05, 3.63) is 0 Å². The number of rotatable bonds is 10. The van der Waals surface area contributed by atoms with Crippen LogP contribution in [0.25, 0.3) is 0 Å². The highest BCUT2D eigenvalue weighted by molar-refractivity contribution is 5.81. The lowest BCUT2D eigenvalue weighted by atomic mass is 9.88. The first-order valence-electron chi connectivity index (χ1n) is 8.76. The first kappa shape index (κ1) is 17.3. The van der Waals surface area contributed by atoms with Gasteiger partial charge < -0.3 is 10.6 Å². The van der Waals surface area contributed by atoms with Gasteiger partial charge in [0.1, 0.15) is 0 Å². The van der Waals surface area contributed by atoms with Crippen molar-refractivity contribution in [2.75, 3.05) is 13.1 Å². The Kier molecular flexibility index (Phi) is 8.72. The van der Waals surface area contributed by atoms with E-state index >= 15 is 0 Å². The van der Waals surface area contributed by atoms with Crippen LogP contribution in [0.1, 0.15) is 85.0 Å². The van der Waals surface area contributed by atoms with Crippen LogP contribution in [0.5, 0.6) is 0 Å². The Labute approximate surface area is 126 Å². The van der Waals surface area contributed by atoms with Gasteiger partial charge in [0.15, 0.2) is 5.96 Å². The standard InChI is InChI=1S/C17H35N3/c1-4-6-8-9-10-13-17(3,12-7-5-2)20-16-18-14-11-15-19-16/h4-15H2,1-3H3,(H2,18,19,20). The summed E-state index contributed by atoms with van der Waals surface area (Å²) in [6.07, 6.45) is 13.0. The number of aliphatic imine (C=N–C) groups is 1. The lowest BCUT2D eigenvalue weighted by Gasteiger charge is -2.34. The Morgan fingerprint density at radius 2 is 1.75 bits per heavy atom. The van der Waals surface area contributed by atoms with Crippen LogP contribution >= 0.6 is 0 Å². The van der Waals surface area contributed by atoms with E-state index in [0.717, 1.165) is 25.5 Å². The Morgan fingerprint density at radius 1 is 1.05 bits per heavy atom. The Morgan fingerprint density at radius 3 is 2.40 bits per heavy atom. The lowest BCUT2D eigenvalue weighted by molar-refractivity contribution is 0.328. The third-order valence-electron chi connectivity index (χ3n) is 4.23. The molecule has 0 amide bonds. The first-order valence-corrected chi connectivity index (χ1v) is 8.76. The van der Waals surface area contributed by atoms with Crippen molar-refractivity contribution in [3.63, 3.8) is 0 Å². The molecule has 1 aliphatic rings. The number of hydrogen-bond donors (Lipinski definition) is 2. The summed E-state index contributed by atoms with van der Waals surface area (Å²) in [4.78, 5) is 4.57. The van der Waals surface area contributed by atoms with Crippen LogP contribution in [-0.2, 0) is 0 Å². The zero-order valence-corrected chi connectivity index (χ0v) is 13.9. The van der Waals surface area contributed by atoms with E-state index in [1.54, 1.807) is 0 Å². The number of hydrogen-bond acceptors (Lipinski definition) is 3. The molecule has 0 aromatic heterocycles. The molecular formula is C17H35N3. The van der Waals surface area contributed by atoms with Gasteiger partial charge in [-0.25, -0.2) is 0 Å². The molecule has 0 radical (unpaired) electrons. The van der Waals surface area contributed by atoms with E-state index in [9.17, 15) is 0 Å². The van der Waals surface area contributed by atoms with Crippen molar-refractivity contribution < 1.29 is 0 Å². The average Bonchev–Trinajstić information content (AvgIpc) is 2.46. The van der Waals surface area contributed by atoms with Gasteiger partial charge in [0, 0.05) is 18.6 Å². The quantitative estimate of drug-likeness (QED) is 0.588. The fraction of sp³-hybridized carbons (Fsp3) is 0.941. The summed E-state index contributed by atoms with van der Waals surface area (Å²) in [6, 6.07) is 0. The summed E-state index contributed by atoms with van der Waals surface area (Å²) in [5.41, 5.74) is 0.214. The normalized spacial score (nSPS) is 18.1. The molecule has 0 bridgehead atoms. The SMILES string of the molecule is CCCCCCCC(C)(CCCC)NC1=NCCCN1. The second kappa shape index (κ2) is 10.1. The molecule has 1 rings (SSSR count). The van der Waals surface area contributed by atoms with Gasteiger partial charge in [0.2, 0.25) is 0 Å². The molecule has 3 nitrogen and oxygen atoms in total. The molecule has 0 aliphatic carbocycles. The zero-order valence-electron chi connectivity index (χ0n) is 13.9. The van der Waals surface area contributed by atoms with Gasteiger partial charge in [-0.05, 0) is 26.2 Å². The van der Waals surface area contributed by atoms with Gasteiger partial charge in [-0.1, -0.05) is 58.8 Å². The van der Waals surface area contributed by atoms with Crippen LogP contribution in [0, 0.1) is 0 Å². The van der Waals surface area contributed by atoms with Crippen molar-refractivity contribution in [2.24, 2.45) is 4.99 Å². The van der Waals surface area contributed by atoms with Crippen molar-refractivity contribution in [3.8, 4) is 0 Å². The van der Waals surface area contributed by atoms with Gasteiger partial charge in [0.25, 0.3) is 0 Å². The number of nitrogens with one attached hydrogen (secondary N) is 2. The molecule has 20 heavy (non-hydrogen) atoms. The third-order valence-corrected chi connectivity index (χ3v) is 4.23. The van der Waals surface area contributed by atoms with E-state index in [4.69, 9.17) is 0 Å². The molecule has 0 saturated carbocycles. The summed E-state index contributed by atoms with van der Waals surface area (Å²) in [5.74, 6) is 1.03. The van der Waals surface area contributed by atoms with Crippen molar-refractivity contribution in [1.82, 2.24) is 10.6 Å². The highest BCUT2D eigenvalue weighted by Gasteiger charge is 2.24. The van der Waals surface area contributed by atoms with Crippen molar-refractivity contribution in [2.45, 2.75) is 90.5 Å². The summed E-state index contributed by atoms with van der Waals surface area (Å²) >= 11 is 0. The van der Waals surface area contributed by atoms with Crippen LogP contribution < -0.4 is 10.6 Å². The Bertz CT molecular complexity index is 275. The van der Waals surface area contributed by atoms with Crippen molar-refractivity contribution in [1.29, 1.82) is 0 Å². The predicted molar refractivity (Wildman–Crippen MR) is 89.4 cm³/mol. The molecule has 118 valence electrons. The number of unbranched alkanes of at least 4 members (excludes halogenated alkanes) is 5. The smallest absolute Gasteiger partial charge is 0.191 e. The molecule has 0 aromatic carbocycles. The lowest BCUT2D eigenvalue weighted by Crippen LogP contribution is -2.52. The van der Waals surface area contributed by atoms with Gasteiger partial charge in [-0.15, -0.1) is 0 Å². The minimum Gasteiger partial charge on any atom is -0.356 e. The summed E-state index contributed by atoms with van der Waals surface area (Å²) in [5, 5.41) is 7.10. The molecule has 1 unspecified atom stereocenters. The van der Waals surface area contributed by atoms with Gasteiger partial charge in [0.05, 0.1) is 0 Å². The second-order valence-corrected chi connectivity index (χ2v) is 6.46. The molecule has 0 aromatic rings. The fourth-order valence-corrected chi connectivity index (χ4v) is 2.84. The van der Waals surface area contributed by atoms with Crippen LogP contribution in [0.15, 0.2) is 4.99 Å². The van der Waals surface area contributed by atoms with Gasteiger partial charge in [-0.3, -0.25) is 4.99 Å². The van der Waals surface area contributed by atoms with E-state index in [-0.39, 0.29) is 5.54 Å². The summed E-state index contributed by atoms with van der Waals surface area (Å²) < 4.78 is 0. The van der Waals surface area contributed by atoms with Crippen LogP contribution in [0.4, 0.5) is 0 Å². The van der Waals surface area contributed by atoms with Crippen LogP contribution in [-0.4, -0.2) is 24.6 Å². The third kappa shape index (κ3) is 7.16.